The average molecular weight is 767 g/mol. The van der Waals surface area contributed by atoms with E-state index < -0.39 is 22.8 Å². The van der Waals surface area contributed by atoms with Crippen LogP contribution in [0.5, 0.6) is 0 Å². The van der Waals surface area contributed by atoms with E-state index in [0.717, 1.165) is 38.5 Å². The summed E-state index contributed by atoms with van der Waals surface area (Å²) in [6.45, 7) is 8.55. The van der Waals surface area contributed by atoms with E-state index in [1.807, 2.05) is 0 Å². The topological polar surface area (TPSA) is 108 Å². The Morgan fingerprint density at radius 2 is 0.855 bits per heavy atom. The van der Waals surface area contributed by atoms with Gasteiger partial charge in [0.05, 0.1) is 35.2 Å². The zero-order valence-corrected chi connectivity index (χ0v) is 35.5. The van der Waals surface area contributed by atoms with Crippen LogP contribution >= 0.6 is 0 Å². The number of esters is 2. The van der Waals surface area contributed by atoms with Gasteiger partial charge in [-0.25, -0.2) is 9.59 Å². The molecule has 0 unspecified atom stereocenters. The minimum Gasteiger partial charge on any atom is -0.462 e. The summed E-state index contributed by atoms with van der Waals surface area (Å²) in [5, 5.41) is 15.3. The van der Waals surface area contributed by atoms with Crippen LogP contribution in [0.4, 0.5) is 5.69 Å². The van der Waals surface area contributed by atoms with Crippen LogP contribution < -0.4 is 5.32 Å². The molecule has 8 heteroatoms. The van der Waals surface area contributed by atoms with Crippen LogP contribution in [0.1, 0.15) is 219 Å². The van der Waals surface area contributed by atoms with Crippen LogP contribution in [0, 0.1) is 10.1 Å². The van der Waals surface area contributed by atoms with Crippen LogP contribution in [0.25, 0.3) is 0 Å². The van der Waals surface area contributed by atoms with Crippen molar-refractivity contribution in [3.8, 4) is 0 Å². The lowest BCUT2D eigenvalue weighted by Gasteiger charge is -2.30. The summed E-state index contributed by atoms with van der Waals surface area (Å²) < 4.78 is 11.6. The molecule has 1 aliphatic heterocycles. The van der Waals surface area contributed by atoms with Crippen molar-refractivity contribution in [1.82, 2.24) is 5.32 Å². The third-order valence-corrected chi connectivity index (χ3v) is 11.1. The molecule has 0 bridgehead atoms. The quantitative estimate of drug-likeness (QED) is 0.0322. The van der Waals surface area contributed by atoms with E-state index >= 15 is 0 Å². The van der Waals surface area contributed by atoms with E-state index in [1.165, 1.54) is 147 Å². The Morgan fingerprint density at radius 1 is 0.545 bits per heavy atom. The third-order valence-electron chi connectivity index (χ3n) is 11.1. The van der Waals surface area contributed by atoms with Crippen LogP contribution in [0.2, 0.25) is 0 Å². The molecule has 2 rings (SSSR count). The van der Waals surface area contributed by atoms with Crippen LogP contribution in [0.15, 0.2) is 46.8 Å². The van der Waals surface area contributed by atoms with Crippen molar-refractivity contribution < 1.29 is 24.0 Å². The van der Waals surface area contributed by atoms with Crippen molar-refractivity contribution in [2.24, 2.45) is 0 Å². The molecule has 0 aromatic heterocycles. The number of dihydropyridines is 1. The summed E-state index contributed by atoms with van der Waals surface area (Å²) in [7, 11) is 0. The summed E-state index contributed by atoms with van der Waals surface area (Å²) in [6.07, 6.45) is 34.7. The second-order valence-corrected chi connectivity index (χ2v) is 15.9. The molecule has 0 radical (unpaired) electrons. The lowest BCUT2D eigenvalue weighted by molar-refractivity contribution is -0.385. The Bertz CT molecular complexity index is 1220. The van der Waals surface area contributed by atoms with Crippen molar-refractivity contribution in [3.63, 3.8) is 0 Å². The van der Waals surface area contributed by atoms with Crippen LogP contribution in [0.3, 0.4) is 0 Å². The molecular weight excluding hydrogens is 689 g/mol. The van der Waals surface area contributed by atoms with Crippen molar-refractivity contribution >= 4 is 17.6 Å². The fraction of sp³-hybridized carbons (Fsp3) is 0.745. The number of carbonyl (C=O) groups excluding carboxylic acids is 2. The first-order chi connectivity index (χ1) is 26.8. The van der Waals surface area contributed by atoms with Gasteiger partial charge in [-0.1, -0.05) is 199 Å². The van der Waals surface area contributed by atoms with E-state index in [-0.39, 0.29) is 35.6 Å². The zero-order chi connectivity index (χ0) is 39.9. The SMILES string of the molecule is CCCCCCCCCCCCCCCCOC(=O)C1=C(C)NC(C)=C(C(=O)OCCCCCCCCCCCCCCCC)C1c1ccccc1[N+](=O)[O-]. The molecule has 55 heavy (non-hydrogen) atoms. The van der Waals surface area contributed by atoms with Gasteiger partial charge in [-0.3, -0.25) is 10.1 Å². The molecule has 1 aromatic rings. The number of para-hydroxylation sites is 1. The van der Waals surface area contributed by atoms with Gasteiger partial charge in [-0.05, 0) is 26.7 Å². The highest BCUT2D eigenvalue weighted by Crippen LogP contribution is 2.42. The maximum Gasteiger partial charge on any atom is 0.336 e. The Labute approximate surface area is 335 Å². The van der Waals surface area contributed by atoms with E-state index in [1.54, 1.807) is 32.0 Å². The summed E-state index contributed by atoms with van der Waals surface area (Å²) in [6, 6.07) is 6.33. The van der Waals surface area contributed by atoms with Gasteiger partial charge in [0.2, 0.25) is 0 Å². The molecule has 0 aliphatic carbocycles. The zero-order valence-electron chi connectivity index (χ0n) is 35.5. The fourth-order valence-corrected chi connectivity index (χ4v) is 7.82. The molecule has 1 aromatic carbocycles. The average Bonchev–Trinajstić information content (AvgIpc) is 3.17. The van der Waals surface area contributed by atoms with Crippen molar-refractivity contribution in [3.05, 3.63) is 62.5 Å². The second-order valence-electron chi connectivity index (χ2n) is 15.9. The number of nitrogens with one attached hydrogen (secondary N) is 1. The second kappa shape index (κ2) is 31.0. The lowest BCUT2D eigenvalue weighted by atomic mass is 9.79. The number of nitro groups is 1. The van der Waals surface area contributed by atoms with E-state index in [0.29, 0.717) is 11.4 Å². The van der Waals surface area contributed by atoms with Crippen molar-refractivity contribution in [2.75, 3.05) is 13.2 Å². The van der Waals surface area contributed by atoms with Gasteiger partial charge in [0, 0.05) is 23.0 Å². The smallest absolute Gasteiger partial charge is 0.336 e. The molecule has 0 fully saturated rings. The monoisotopic (exact) mass is 767 g/mol. The summed E-state index contributed by atoms with van der Waals surface area (Å²) in [5.41, 5.74) is 1.61. The van der Waals surface area contributed by atoms with Crippen molar-refractivity contribution in [1.29, 1.82) is 0 Å². The Morgan fingerprint density at radius 3 is 1.18 bits per heavy atom. The van der Waals surface area contributed by atoms with Crippen LogP contribution in [-0.2, 0) is 19.1 Å². The predicted octanol–water partition coefficient (Wildman–Crippen LogP) is 13.9. The Kier molecular flexibility index (Phi) is 27.0. The number of rotatable bonds is 34. The Hall–Kier alpha value is -3.16. The number of carbonyl (C=O) groups is 2. The lowest BCUT2D eigenvalue weighted by Crippen LogP contribution is -2.33. The minimum atomic E-state index is -0.976. The van der Waals surface area contributed by atoms with Gasteiger partial charge in [-0.15, -0.1) is 0 Å². The van der Waals surface area contributed by atoms with Gasteiger partial charge in [0.15, 0.2) is 0 Å². The number of allylic oxidation sites excluding steroid dienone is 2. The van der Waals surface area contributed by atoms with Gasteiger partial charge < -0.3 is 14.8 Å². The van der Waals surface area contributed by atoms with Gasteiger partial charge in [0.1, 0.15) is 0 Å². The van der Waals surface area contributed by atoms with E-state index in [2.05, 4.69) is 19.2 Å². The molecule has 0 spiro atoms. The highest BCUT2D eigenvalue weighted by molar-refractivity contribution is 6.00. The van der Waals surface area contributed by atoms with Crippen LogP contribution in [-0.4, -0.2) is 30.1 Å². The molecule has 1 aliphatic rings. The number of hydrogen-bond acceptors (Lipinski definition) is 7. The van der Waals surface area contributed by atoms with Gasteiger partial charge in [-0.2, -0.15) is 0 Å². The molecule has 0 saturated heterocycles. The first-order valence-corrected chi connectivity index (χ1v) is 22.6. The molecule has 8 nitrogen and oxygen atoms in total. The summed E-state index contributed by atoms with van der Waals surface area (Å²) in [4.78, 5) is 39.2. The highest BCUT2D eigenvalue weighted by Gasteiger charge is 2.40. The highest BCUT2D eigenvalue weighted by atomic mass is 16.6. The largest absolute Gasteiger partial charge is 0.462 e. The molecule has 0 atom stereocenters. The number of benzene rings is 1. The Balaban J connectivity index is 1.83. The van der Waals surface area contributed by atoms with Gasteiger partial charge >= 0.3 is 11.9 Å². The predicted molar refractivity (Wildman–Crippen MR) is 227 cm³/mol. The normalized spacial score (nSPS) is 13.3. The minimum absolute atomic E-state index is 0.149. The number of nitro benzene ring substituents is 1. The number of ether oxygens (including phenoxy) is 2. The molecule has 0 amide bonds. The van der Waals surface area contributed by atoms with E-state index in [9.17, 15) is 19.7 Å². The molecule has 1 heterocycles. The maximum atomic E-state index is 13.7. The van der Waals surface area contributed by atoms with Crippen molar-refractivity contribution in [2.45, 2.75) is 213 Å². The molecule has 0 saturated carbocycles. The number of nitrogens with zero attached hydrogens (tertiary/aromatic N) is 1. The standard InChI is InChI=1S/C47H78N2O6/c1-5-7-9-11-13-15-17-19-21-23-25-27-29-33-37-54-46(50)43-39(3)48-40(4)44(45(43)41-35-31-32-36-42(41)49(52)53)47(51)55-38-34-30-28-26-24-22-20-18-16-14-12-10-8-6-2/h31-32,35-36,45,48H,5-30,33-34,37-38H2,1-4H3. The maximum absolute atomic E-state index is 13.7. The van der Waals surface area contributed by atoms with Gasteiger partial charge in [0.25, 0.3) is 5.69 Å². The molecule has 312 valence electrons. The fourth-order valence-electron chi connectivity index (χ4n) is 7.82. The molecular formula is C47H78N2O6. The molecule has 1 N–H and O–H groups in total. The first kappa shape index (κ1) is 48.0. The number of unbranched alkanes of at least 4 members (excludes halogenated alkanes) is 26. The van der Waals surface area contributed by atoms with E-state index in [4.69, 9.17) is 9.47 Å². The summed E-state index contributed by atoms with van der Waals surface area (Å²) >= 11 is 0. The summed E-state index contributed by atoms with van der Waals surface area (Å²) in [5.74, 6) is -2.10. The number of hydrogen-bond donors (Lipinski definition) is 1. The third kappa shape index (κ3) is 20.0. The first-order valence-electron chi connectivity index (χ1n) is 22.6.